The summed E-state index contributed by atoms with van der Waals surface area (Å²) in [5.41, 5.74) is 0. The van der Waals surface area contributed by atoms with E-state index in [0.717, 1.165) is 18.2 Å². The van der Waals surface area contributed by atoms with Gasteiger partial charge in [-0.3, -0.25) is 28.0 Å². The van der Waals surface area contributed by atoms with Crippen LogP contribution in [-0.2, 0) is 32.5 Å². The molecule has 3 amide bonds. The molecular weight excluding hydrogens is 365 g/mol. The molecule has 0 aromatic rings. The van der Waals surface area contributed by atoms with Crippen LogP contribution in [0.2, 0.25) is 0 Å². The van der Waals surface area contributed by atoms with Gasteiger partial charge in [0.2, 0.25) is 17.7 Å². The van der Waals surface area contributed by atoms with Crippen molar-refractivity contribution in [2.45, 2.75) is 0 Å². The SMILES string of the molecule is C=CC(=O)NCCOP(=O)(OCCNC(=O)C=C)OCCNC(=O)C=C. The predicted octanol–water partition coefficient (Wildman–Crippen LogP) is 0.0509. The molecule has 0 aromatic carbocycles. The Morgan fingerprint density at radius 3 is 1.19 bits per heavy atom. The molecule has 11 heteroatoms. The lowest BCUT2D eigenvalue weighted by molar-refractivity contribution is -0.117. The quantitative estimate of drug-likeness (QED) is 0.205. The summed E-state index contributed by atoms with van der Waals surface area (Å²) >= 11 is 0. The van der Waals surface area contributed by atoms with Crippen molar-refractivity contribution in [2.24, 2.45) is 0 Å². The standard InChI is InChI=1S/C15H24N3O7P/c1-4-13(19)16-7-10-23-26(22,24-11-8-17-14(20)5-2)25-12-9-18-15(21)6-3/h4-6H,1-3,7-12H2,(H,16,19)(H,17,20)(H,18,21). The summed E-state index contributed by atoms with van der Waals surface area (Å²) in [6, 6.07) is 0. The van der Waals surface area contributed by atoms with Crippen molar-refractivity contribution < 1.29 is 32.5 Å². The van der Waals surface area contributed by atoms with Crippen molar-refractivity contribution in [1.82, 2.24) is 16.0 Å². The molecule has 0 aromatic heterocycles. The molecule has 10 nitrogen and oxygen atoms in total. The Hall–Kier alpha value is -2.26. The lowest BCUT2D eigenvalue weighted by Gasteiger charge is -2.18. The van der Waals surface area contributed by atoms with Crippen LogP contribution in [-0.4, -0.2) is 57.2 Å². The molecule has 0 aliphatic heterocycles. The molecule has 0 saturated carbocycles. The molecule has 0 spiro atoms. The van der Waals surface area contributed by atoms with E-state index in [-0.39, 0.29) is 39.5 Å². The number of nitrogens with one attached hydrogen (secondary N) is 3. The fourth-order valence-electron chi connectivity index (χ4n) is 1.32. The van der Waals surface area contributed by atoms with Crippen molar-refractivity contribution >= 4 is 25.5 Å². The van der Waals surface area contributed by atoms with Gasteiger partial charge in [-0.1, -0.05) is 19.7 Å². The summed E-state index contributed by atoms with van der Waals surface area (Å²) in [6.45, 7) is 9.61. The first kappa shape index (κ1) is 23.7. The third-order valence-electron chi connectivity index (χ3n) is 2.51. The van der Waals surface area contributed by atoms with Gasteiger partial charge >= 0.3 is 7.82 Å². The van der Waals surface area contributed by atoms with Crippen molar-refractivity contribution in [1.29, 1.82) is 0 Å². The topological polar surface area (TPSA) is 132 Å². The maximum absolute atomic E-state index is 12.5. The van der Waals surface area contributed by atoms with Gasteiger partial charge in [-0.15, -0.1) is 0 Å². The summed E-state index contributed by atoms with van der Waals surface area (Å²) in [5, 5.41) is 7.30. The van der Waals surface area contributed by atoms with E-state index in [4.69, 9.17) is 13.6 Å². The van der Waals surface area contributed by atoms with Gasteiger partial charge in [-0.25, -0.2) is 4.57 Å². The first-order valence-electron chi connectivity index (χ1n) is 7.61. The molecule has 0 unspecified atom stereocenters. The Morgan fingerprint density at radius 1 is 0.692 bits per heavy atom. The van der Waals surface area contributed by atoms with Gasteiger partial charge in [-0.05, 0) is 18.2 Å². The molecule has 146 valence electrons. The van der Waals surface area contributed by atoms with Crippen LogP contribution in [0.3, 0.4) is 0 Å². The number of rotatable bonds is 15. The molecule has 0 radical (unpaired) electrons. The Balaban J connectivity index is 4.41. The van der Waals surface area contributed by atoms with Gasteiger partial charge in [0, 0.05) is 19.6 Å². The molecule has 26 heavy (non-hydrogen) atoms. The Kier molecular flexibility index (Phi) is 12.8. The Bertz CT molecular complexity index is 489. The molecule has 0 atom stereocenters. The van der Waals surface area contributed by atoms with Crippen LogP contribution in [0, 0.1) is 0 Å². The molecule has 0 fully saturated rings. The molecule has 0 saturated heterocycles. The highest BCUT2D eigenvalue weighted by molar-refractivity contribution is 7.48. The van der Waals surface area contributed by atoms with E-state index in [1.54, 1.807) is 0 Å². The summed E-state index contributed by atoms with van der Waals surface area (Å²) in [5.74, 6) is -1.24. The van der Waals surface area contributed by atoms with E-state index in [2.05, 4.69) is 35.7 Å². The van der Waals surface area contributed by atoms with Gasteiger partial charge in [0.05, 0.1) is 19.8 Å². The highest BCUT2D eigenvalue weighted by Gasteiger charge is 2.26. The van der Waals surface area contributed by atoms with Crippen molar-refractivity contribution in [3.63, 3.8) is 0 Å². The predicted molar refractivity (Wildman–Crippen MR) is 95.1 cm³/mol. The number of amides is 3. The van der Waals surface area contributed by atoms with Crippen molar-refractivity contribution in [3.8, 4) is 0 Å². The first-order valence-corrected chi connectivity index (χ1v) is 9.07. The summed E-state index contributed by atoms with van der Waals surface area (Å²) in [6.07, 6.45) is 3.24. The smallest absolute Gasteiger partial charge is 0.350 e. The number of carbonyl (C=O) groups excluding carboxylic acids is 3. The Labute approximate surface area is 152 Å². The third-order valence-corrected chi connectivity index (χ3v) is 4.00. The highest BCUT2D eigenvalue weighted by atomic mass is 31.2. The summed E-state index contributed by atoms with van der Waals surface area (Å²) in [4.78, 5) is 33.1. The number of hydrogen-bond donors (Lipinski definition) is 3. The second-order valence-electron chi connectivity index (χ2n) is 4.43. The lowest BCUT2D eigenvalue weighted by atomic mass is 10.5. The van der Waals surface area contributed by atoms with Gasteiger partial charge in [0.15, 0.2) is 0 Å². The van der Waals surface area contributed by atoms with Gasteiger partial charge in [0.1, 0.15) is 0 Å². The number of phosphoric acid groups is 1. The number of hydrogen-bond acceptors (Lipinski definition) is 7. The molecule has 0 bridgehead atoms. The summed E-state index contributed by atoms with van der Waals surface area (Å²) in [7, 11) is -3.96. The van der Waals surface area contributed by atoms with Gasteiger partial charge in [-0.2, -0.15) is 0 Å². The van der Waals surface area contributed by atoms with E-state index in [1.165, 1.54) is 0 Å². The third kappa shape index (κ3) is 12.2. The van der Waals surface area contributed by atoms with E-state index in [0.29, 0.717) is 0 Å². The van der Waals surface area contributed by atoms with Crippen LogP contribution in [0.25, 0.3) is 0 Å². The molecule has 3 N–H and O–H groups in total. The van der Waals surface area contributed by atoms with Crippen LogP contribution in [0.1, 0.15) is 0 Å². The van der Waals surface area contributed by atoms with Crippen LogP contribution in [0.4, 0.5) is 0 Å². The largest absolute Gasteiger partial charge is 0.474 e. The van der Waals surface area contributed by atoms with Crippen LogP contribution in [0.5, 0.6) is 0 Å². The van der Waals surface area contributed by atoms with Crippen LogP contribution < -0.4 is 16.0 Å². The monoisotopic (exact) mass is 389 g/mol. The second-order valence-corrected chi connectivity index (χ2v) is 6.10. The van der Waals surface area contributed by atoms with E-state index >= 15 is 0 Å². The minimum Gasteiger partial charge on any atom is -0.350 e. The minimum atomic E-state index is -3.96. The molecule has 0 aliphatic rings. The zero-order valence-electron chi connectivity index (χ0n) is 14.4. The highest BCUT2D eigenvalue weighted by Crippen LogP contribution is 2.48. The fraction of sp³-hybridized carbons (Fsp3) is 0.400. The first-order chi connectivity index (χ1) is 12.4. The van der Waals surface area contributed by atoms with Crippen LogP contribution in [0.15, 0.2) is 38.0 Å². The Morgan fingerprint density at radius 2 is 0.962 bits per heavy atom. The normalized spacial score (nSPS) is 10.5. The minimum absolute atomic E-state index is 0.0575. The second kappa shape index (κ2) is 14.0. The number of phosphoric ester groups is 1. The van der Waals surface area contributed by atoms with Gasteiger partial charge in [0.25, 0.3) is 0 Å². The molecule has 0 rings (SSSR count). The zero-order chi connectivity index (χ0) is 19.8. The maximum atomic E-state index is 12.5. The van der Waals surface area contributed by atoms with Gasteiger partial charge < -0.3 is 16.0 Å². The number of carbonyl (C=O) groups is 3. The fourth-order valence-corrected chi connectivity index (χ4v) is 2.49. The average Bonchev–Trinajstić information content (AvgIpc) is 2.65. The molecular formula is C15H24N3O7P. The molecule has 0 aliphatic carbocycles. The maximum Gasteiger partial charge on any atom is 0.474 e. The lowest BCUT2D eigenvalue weighted by Crippen LogP contribution is -2.27. The van der Waals surface area contributed by atoms with Crippen molar-refractivity contribution in [3.05, 3.63) is 38.0 Å². The van der Waals surface area contributed by atoms with E-state index in [1.807, 2.05) is 0 Å². The van der Waals surface area contributed by atoms with Crippen molar-refractivity contribution in [2.75, 3.05) is 39.5 Å². The van der Waals surface area contributed by atoms with Crippen LogP contribution >= 0.6 is 7.82 Å². The van der Waals surface area contributed by atoms with E-state index < -0.39 is 25.5 Å². The van der Waals surface area contributed by atoms with E-state index in [9.17, 15) is 18.9 Å². The summed E-state index contributed by atoms with van der Waals surface area (Å²) < 4.78 is 27.8. The average molecular weight is 389 g/mol. The molecule has 0 heterocycles. The zero-order valence-corrected chi connectivity index (χ0v) is 15.3.